The third kappa shape index (κ3) is 3.70. The average Bonchev–Trinajstić information content (AvgIpc) is 3.28. The fourth-order valence-corrected chi connectivity index (χ4v) is 1.96. The molecule has 19 heavy (non-hydrogen) atoms. The highest BCUT2D eigenvalue weighted by Crippen LogP contribution is 2.25. The van der Waals surface area contributed by atoms with Crippen molar-refractivity contribution in [2.45, 2.75) is 38.3 Å². The molecule has 2 N–H and O–H groups in total. The van der Waals surface area contributed by atoms with E-state index in [1.165, 1.54) is 0 Å². The molecule has 1 atom stereocenters. The van der Waals surface area contributed by atoms with Gasteiger partial charge in [-0.25, -0.2) is 0 Å². The van der Waals surface area contributed by atoms with Gasteiger partial charge >= 0.3 is 0 Å². The van der Waals surface area contributed by atoms with Crippen molar-refractivity contribution in [3.05, 3.63) is 29.8 Å². The summed E-state index contributed by atoms with van der Waals surface area (Å²) in [5.74, 6) is 0.751. The number of hydrogen-bond acceptors (Lipinski definition) is 3. The van der Waals surface area contributed by atoms with Gasteiger partial charge in [-0.1, -0.05) is 19.1 Å². The van der Waals surface area contributed by atoms with E-state index in [1.807, 2.05) is 31.3 Å². The predicted molar refractivity (Wildman–Crippen MR) is 74.9 cm³/mol. The first-order chi connectivity index (χ1) is 9.11. The molecular formula is C15H22N2O2. The van der Waals surface area contributed by atoms with Gasteiger partial charge in [-0.3, -0.25) is 4.79 Å². The number of rotatable bonds is 6. The normalized spacial score (nSPS) is 15.9. The van der Waals surface area contributed by atoms with Crippen molar-refractivity contribution < 1.29 is 9.53 Å². The highest BCUT2D eigenvalue weighted by molar-refractivity contribution is 5.78. The number of likely N-dealkylation sites (N-methyl/N-ethyl adjacent to an activating group) is 1. The van der Waals surface area contributed by atoms with E-state index in [1.54, 1.807) is 4.90 Å². The Kier molecular flexibility index (Phi) is 4.43. The minimum Gasteiger partial charge on any atom is -0.484 e. The Morgan fingerprint density at radius 1 is 1.42 bits per heavy atom. The zero-order chi connectivity index (χ0) is 13.8. The van der Waals surface area contributed by atoms with Gasteiger partial charge in [-0.2, -0.15) is 0 Å². The standard InChI is InChI=1S/C15H22N2O2/c1-3-14(16)11-4-8-13(9-5-11)19-10-15(18)17(2)12-6-7-12/h4-5,8-9,12,14H,3,6-7,10,16H2,1-2H3. The van der Waals surface area contributed by atoms with Crippen LogP contribution >= 0.6 is 0 Å². The Morgan fingerprint density at radius 3 is 2.58 bits per heavy atom. The summed E-state index contributed by atoms with van der Waals surface area (Å²) in [5, 5.41) is 0. The summed E-state index contributed by atoms with van der Waals surface area (Å²) in [7, 11) is 1.84. The lowest BCUT2D eigenvalue weighted by Crippen LogP contribution is -2.33. The minimum atomic E-state index is 0.0387. The maximum absolute atomic E-state index is 11.8. The van der Waals surface area contributed by atoms with E-state index in [4.69, 9.17) is 10.5 Å². The molecule has 1 unspecified atom stereocenters. The molecule has 1 aromatic rings. The molecule has 1 fully saturated rings. The summed E-state index contributed by atoms with van der Waals surface area (Å²) in [6.07, 6.45) is 3.14. The van der Waals surface area contributed by atoms with Gasteiger partial charge in [-0.15, -0.1) is 0 Å². The Labute approximate surface area is 114 Å². The summed E-state index contributed by atoms with van der Waals surface area (Å²) in [5.41, 5.74) is 7.04. The second-order valence-electron chi connectivity index (χ2n) is 5.11. The van der Waals surface area contributed by atoms with Gasteiger partial charge in [0.15, 0.2) is 6.61 Å². The predicted octanol–water partition coefficient (Wildman–Crippen LogP) is 2.10. The molecule has 1 saturated carbocycles. The molecule has 1 aliphatic rings. The monoisotopic (exact) mass is 262 g/mol. The molecule has 104 valence electrons. The van der Waals surface area contributed by atoms with Crippen molar-refractivity contribution >= 4 is 5.91 Å². The molecule has 1 amide bonds. The van der Waals surface area contributed by atoms with Crippen molar-refractivity contribution in [1.82, 2.24) is 4.90 Å². The van der Waals surface area contributed by atoms with Crippen LogP contribution in [0, 0.1) is 0 Å². The van der Waals surface area contributed by atoms with Crippen molar-refractivity contribution in [3.8, 4) is 5.75 Å². The Hall–Kier alpha value is -1.55. The van der Waals surface area contributed by atoms with Crippen LogP contribution < -0.4 is 10.5 Å². The molecule has 0 radical (unpaired) electrons. The van der Waals surface area contributed by atoms with Gasteiger partial charge in [-0.05, 0) is 37.0 Å². The summed E-state index contributed by atoms with van der Waals surface area (Å²) in [6, 6.07) is 8.15. The second-order valence-corrected chi connectivity index (χ2v) is 5.11. The Morgan fingerprint density at radius 2 is 2.05 bits per heavy atom. The van der Waals surface area contributed by atoms with Crippen LogP contribution in [0.15, 0.2) is 24.3 Å². The van der Waals surface area contributed by atoms with Crippen molar-refractivity contribution in [2.24, 2.45) is 5.73 Å². The van der Waals surface area contributed by atoms with Crippen molar-refractivity contribution in [2.75, 3.05) is 13.7 Å². The number of nitrogens with zero attached hydrogens (tertiary/aromatic N) is 1. The number of amides is 1. The quantitative estimate of drug-likeness (QED) is 0.854. The van der Waals surface area contributed by atoms with E-state index in [0.29, 0.717) is 11.8 Å². The van der Waals surface area contributed by atoms with Gasteiger partial charge < -0.3 is 15.4 Å². The van der Waals surface area contributed by atoms with Crippen LogP contribution in [0.5, 0.6) is 5.75 Å². The van der Waals surface area contributed by atoms with Crippen LogP contribution in [0.1, 0.15) is 37.8 Å². The van der Waals surface area contributed by atoms with E-state index in [0.717, 1.165) is 24.8 Å². The number of hydrogen-bond donors (Lipinski definition) is 1. The highest BCUT2D eigenvalue weighted by Gasteiger charge is 2.29. The van der Waals surface area contributed by atoms with E-state index >= 15 is 0 Å². The van der Waals surface area contributed by atoms with Crippen LogP contribution in [0.3, 0.4) is 0 Å². The van der Waals surface area contributed by atoms with Crippen LogP contribution in [0.4, 0.5) is 0 Å². The highest BCUT2D eigenvalue weighted by atomic mass is 16.5. The summed E-state index contributed by atoms with van der Waals surface area (Å²) >= 11 is 0. The number of benzene rings is 1. The topological polar surface area (TPSA) is 55.6 Å². The molecule has 4 nitrogen and oxygen atoms in total. The molecule has 1 aromatic carbocycles. The third-order valence-electron chi connectivity index (χ3n) is 3.60. The first kappa shape index (κ1) is 13.9. The summed E-state index contributed by atoms with van der Waals surface area (Å²) in [6.45, 7) is 2.16. The van der Waals surface area contributed by atoms with E-state index in [-0.39, 0.29) is 18.6 Å². The SMILES string of the molecule is CCC(N)c1ccc(OCC(=O)N(C)C2CC2)cc1. The lowest BCUT2D eigenvalue weighted by Gasteiger charge is -2.16. The number of carbonyl (C=O) groups is 1. The van der Waals surface area contributed by atoms with E-state index in [9.17, 15) is 4.79 Å². The van der Waals surface area contributed by atoms with Gasteiger partial charge in [0, 0.05) is 19.1 Å². The maximum atomic E-state index is 11.8. The summed E-state index contributed by atoms with van der Waals surface area (Å²) in [4.78, 5) is 13.6. The minimum absolute atomic E-state index is 0.0387. The Bertz CT molecular complexity index is 426. The van der Waals surface area contributed by atoms with Crippen molar-refractivity contribution in [1.29, 1.82) is 0 Å². The maximum Gasteiger partial charge on any atom is 0.260 e. The molecule has 1 aliphatic carbocycles. The molecule has 4 heteroatoms. The molecule has 0 saturated heterocycles. The number of carbonyl (C=O) groups excluding carboxylic acids is 1. The van der Waals surface area contributed by atoms with Crippen molar-refractivity contribution in [3.63, 3.8) is 0 Å². The molecule has 0 aromatic heterocycles. The van der Waals surface area contributed by atoms with E-state index < -0.39 is 0 Å². The first-order valence-electron chi connectivity index (χ1n) is 6.85. The summed E-state index contributed by atoms with van der Waals surface area (Å²) < 4.78 is 5.50. The zero-order valence-corrected chi connectivity index (χ0v) is 11.6. The number of nitrogens with two attached hydrogens (primary N) is 1. The zero-order valence-electron chi connectivity index (χ0n) is 11.6. The fraction of sp³-hybridized carbons (Fsp3) is 0.533. The van der Waals surface area contributed by atoms with Crippen LogP contribution in [0.2, 0.25) is 0 Å². The third-order valence-corrected chi connectivity index (χ3v) is 3.60. The smallest absolute Gasteiger partial charge is 0.260 e. The molecular weight excluding hydrogens is 240 g/mol. The molecule has 0 heterocycles. The largest absolute Gasteiger partial charge is 0.484 e. The molecule has 2 rings (SSSR count). The van der Waals surface area contributed by atoms with Crippen LogP contribution in [-0.4, -0.2) is 30.5 Å². The molecule has 0 bridgehead atoms. The second kappa shape index (κ2) is 6.06. The Balaban J connectivity index is 1.84. The van der Waals surface area contributed by atoms with Crippen LogP contribution in [0.25, 0.3) is 0 Å². The lowest BCUT2D eigenvalue weighted by molar-refractivity contribution is -0.132. The average molecular weight is 262 g/mol. The van der Waals surface area contributed by atoms with E-state index in [2.05, 4.69) is 6.92 Å². The number of ether oxygens (including phenoxy) is 1. The van der Waals surface area contributed by atoms with Gasteiger partial charge in [0.05, 0.1) is 0 Å². The fourth-order valence-electron chi connectivity index (χ4n) is 1.96. The first-order valence-corrected chi connectivity index (χ1v) is 6.85. The van der Waals surface area contributed by atoms with Gasteiger partial charge in [0.25, 0.3) is 5.91 Å². The van der Waals surface area contributed by atoms with Gasteiger partial charge in [0.2, 0.25) is 0 Å². The van der Waals surface area contributed by atoms with Gasteiger partial charge in [0.1, 0.15) is 5.75 Å². The lowest BCUT2D eigenvalue weighted by atomic mass is 10.1. The molecule has 0 spiro atoms. The molecule has 0 aliphatic heterocycles. The van der Waals surface area contributed by atoms with Crippen LogP contribution in [-0.2, 0) is 4.79 Å².